The average Bonchev–Trinajstić information content (AvgIpc) is 3.87. The monoisotopic (exact) mass is 963 g/mol. The summed E-state index contributed by atoms with van der Waals surface area (Å²) in [4.78, 5) is 9.79. The van der Waals surface area contributed by atoms with E-state index >= 15 is 0 Å². The Bertz CT molecular complexity index is 3120. The van der Waals surface area contributed by atoms with Crippen LogP contribution in [0.2, 0.25) is 0 Å². The van der Waals surface area contributed by atoms with Gasteiger partial charge in [0.05, 0.1) is 18.0 Å². The van der Waals surface area contributed by atoms with Crippen LogP contribution in [0.25, 0.3) is 38.8 Å². The maximum Gasteiger partial charge on any atom is 2.00 e. The number of nitrogens with zero attached hydrogens (tertiary/aromatic N) is 4. The van der Waals surface area contributed by atoms with E-state index in [2.05, 4.69) is 240 Å². The van der Waals surface area contributed by atoms with Crippen LogP contribution in [0.3, 0.4) is 0 Å². The quantitative estimate of drug-likeness (QED) is 0.112. The van der Waals surface area contributed by atoms with Crippen molar-refractivity contribution in [3.05, 3.63) is 252 Å². The van der Waals surface area contributed by atoms with Crippen molar-refractivity contribution in [2.24, 2.45) is 0 Å². The molecule has 0 spiro atoms. The molecule has 0 bridgehead atoms. The Labute approximate surface area is 371 Å². The molecule has 1 aliphatic rings. The summed E-state index contributed by atoms with van der Waals surface area (Å²) in [5, 5.41) is 2.28. The van der Waals surface area contributed by atoms with Gasteiger partial charge in [-0.3, -0.25) is 0 Å². The van der Waals surface area contributed by atoms with Crippen LogP contribution in [-0.2, 0) is 26.5 Å². The van der Waals surface area contributed by atoms with Crippen LogP contribution in [0, 0.1) is 19.1 Å². The smallest absolute Gasteiger partial charge is 0.345 e. The molecule has 0 N–H and O–H groups in total. The van der Waals surface area contributed by atoms with Gasteiger partial charge in [0.2, 0.25) is 0 Å². The number of hydrogen-bond donors (Lipinski definition) is 0. The van der Waals surface area contributed by atoms with E-state index < -0.39 is 5.41 Å². The Morgan fingerprint density at radius 2 is 1.15 bits per heavy atom. The van der Waals surface area contributed by atoms with Crippen LogP contribution in [0.1, 0.15) is 27.8 Å². The van der Waals surface area contributed by atoms with Crippen molar-refractivity contribution >= 4 is 44.6 Å². The number of anilines is 4. The fourth-order valence-corrected chi connectivity index (χ4v) is 9.35. The van der Waals surface area contributed by atoms with E-state index in [-0.39, 0.29) is 21.1 Å². The fraction of sp³-hybridized carbons (Fsp3) is 0.0536. The summed E-state index contributed by atoms with van der Waals surface area (Å²) in [5.74, 6) is 0.851. The molecule has 0 saturated carbocycles. The van der Waals surface area contributed by atoms with Crippen molar-refractivity contribution in [3.8, 4) is 16.9 Å². The van der Waals surface area contributed by atoms with Crippen LogP contribution >= 0.6 is 0 Å². The second-order valence-corrected chi connectivity index (χ2v) is 15.5. The second kappa shape index (κ2) is 15.9. The molecular weight excluding hydrogens is 924 g/mol. The molecule has 5 heteroatoms. The van der Waals surface area contributed by atoms with E-state index in [1.54, 1.807) is 0 Å². The number of fused-ring (bicyclic) bond motifs is 4. The molecule has 294 valence electrons. The number of benzene rings is 8. The number of para-hydroxylation sites is 4. The Morgan fingerprint density at radius 1 is 0.525 bits per heavy atom. The Morgan fingerprint density at radius 3 is 1.89 bits per heavy atom. The van der Waals surface area contributed by atoms with Crippen molar-refractivity contribution in [1.29, 1.82) is 0 Å². The molecule has 0 aliphatic carbocycles. The van der Waals surface area contributed by atoms with E-state index in [0.29, 0.717) is 6.67 Å². The maximum absolute atomic E-state index is 5.03. The predicted octanol–water partition coefficient (Wildman–Crippen LogP) is 13.4. The van der Waals surface area contributed by atoms with Crippen molar-refractivity contribution in [3.63, 3.8) is 0 Å². The number of aryl methyl sites for hydroxylation is 1. The van der Waals surface area contributed by atoms with Crippen LogP contribution in [0.5, 0.6) is 0 Å². The van der Waals surface area contributed by atoms with Crippen molar-refractivity contribution in [2.75, 3.05) is 16.5 Å². The molecule has 10 aromatic rings. The molecule has 0 unspecified atom stereocenters. The van der Waals surface area contributed by atoms with Gasteiger partial charge < -0.3 is 14.4 Å². The normalized spacial score (nSPS) is 12.4. The molecule has 0 atom stereocenters. The zero-order valence-electron chi connectivity index (χ0n) is 33.5. The first kappa shape index (κ1) is 38.2. The average molecular weight is 964 g/mol. The number of pyridine rings is 1. The van der Waals surface area contributed by atoms with Gasteiger partial charge in [-0.05, 0) is 82.6 Å². The van der Waals surface area contributed by atoms with Gasteiger partial charge in [-0.1, -0.05) is 145 Å². The number of aromatic nitrogens is 2. The Balaban J connectivity index is 0.00000445. The topological polar surface area (TPSA) is 24.3 Å². The van der Waals surface area contributed by atoms with Gasteiger partial charge in [0.1, 0.15) is 5.82 Å². The third kappa shape index (κ3) is 6.38. The standard InChI is InChI=1S/C56H40N4.Pt/c1-40-18-11-12-27-48(40)41-34-35-57-55(36-41)60-51-29-14-13-28-49(51)50-33-32-45(38-54(50)60)56(42-19-5-2-6-20-42,43-21-7-3-8-22-43)44-23-17-26-47(37-44)59-39-58(46-24-9-4-10-25-46)52-30-15-16-31-53(52)59;/h2-36H,39H2,1H3;/q-2;+2. The van der Waals surface area contributed by atoms with Gasteiger partial charge >= 0.3 is 21.1 Å². The van der Waals surface area contributed by atoms with Crippen molar-refractivity contribution in [1.82, 2.24) is 9.55 Å². The van der Waals surface area contributed by atoms with Gasteiger partial charge in [0, 0.05) is 22.8 Å². The summed E-state index contributed by atoms with van der Waals surface area (Å²) in [6, 6.07) is 81.8. The minimum absolute atomic E-state index is 0. The number of hydrogen-bond acceptors (Lipinski definition) is 3. The third-order valence-corrected chi connectivity index (χ3v) is 12.1. The first-order valence-corrected chi connectivity index (χ1v) is 20.5. The van der Waals surface area contributed by atoms with Crippen LogP contribution in [0.4, 0.5) is 22.7 Å². The van der Waals surface area contributed by atoms with E-state index in [1.807, 2.05) is 6.20 Å². The van der Waals surface area contributed by atoms with Crippen molar-refractivity contribution < 1.29 is 21.1 Å². The molecule has 4 nitrogen and oxygen atoms in total. The van der Waals surface area contributed by atoms with E-state index in [1.165, 1.54) is 16.8 Å². The summed E-state index contributed by atoms with van der Waals surface area (Å²) in [6.45, 7) is 2.83. The van der Waals surface area contributed by atoms with Gasteiger partial charge in [-0.15, -0.1) is 22.6 Å². The summed E-state index contributed by atoms with van der Waals surface area (Å²) in [6.07, 6.45) is 1.93. The fourth-order valence-electron chi connectivity index (χ4n) is 9.35. The zero-order valence-corrected chi connectivity index (χ0v) is 35.8. The summed E-state index contributed by atoms with van der Waals surface area (Å²) in [5.41, 5.74) is 13.6. The largest absolute Gasteiger partial charge is 2.00 e. The van der Waals surface area contributed by atoms with Gasteiger partial charge in [-0.25, -0.2) is 4.98 Å². The molecular formula is C56H40N4Pt. The third-order valence-electron chi connectivity index (χ3n) is 12.1. The predicted molar refractivity (Wildman–Crippen MR) is 247 cm³/mol. The van der Waals surface area contributed by atoms with Crippen LogP contribution in [0.15, 0.2) is 212 Å². The first-order chi connectivity index (χ1) is 29.7. The number of rotatable bonds is 8. The molecule has 0 saturated heterocycles. The molecule has 8 aromatic carbocycles. The Kier molecular flexibility index (Phi) is 9.95. The van der Waals surface area contributed by atoms with Crippen molar-refractivity contribution in [2.45, 2.75) is 12.3 Å². The SMILES string of the molecule is Cc1ccccc1-c1ccnc(-n2c3[c-]c(C(c4[c-]c(N5CN(c6ccccc6)c6ccccc65)ccc4)(c4ccccc4)c4ccccc4)ccc3c3ccccc32)c1.[Pt+2]. The zero-order chi connectivity index (χ0) is 40.0. The van der Waals surface area contributed by atoms with Gasteiger partial charge in [0.25, 0.3) is 0 Å². The Hall–Kier alpha value is -7.00. The summed E-state index contributed by atoms with van der Waals surface area (Å²) >= 11 is 0. The molecule has 61 heavy (non-hydrogen) atoms. The molecule has 3 heterocycles. The molecule has 11 rings (SSSR count). The van der Waals surface area contributed by atoms with E-state index in [9.17, 15) is 0 Å². The minimum atomic E-state index is -0.789. The summed E-state index contributed by atoms with van der Waals surface area (Å²) < 4.78 is 2.29. The van der Waals surface area contributed by atoms with Gasteiger partial charge in [0.15, 0.2) is 0 Å². The van der Waals surface area contributed by atoms with E-state index in [0.717, 1.165) is 72.5 Å². The van der Waals surface area contributed by atoms with Gasteiger partial charge in [-0.2, -0.15) is 36.4 Å². The molecule has 2 aromatic heterocycles. The molecule has 0 amide bonds. The summed E-state index contributed by atoms with van der Waals surface area (Å²) in [7, 11) is 0. The molecule has 1 aliphatic heterocycles. The second-order valence-electron chi connectivity index (χ2n) is 15.5. The van der Waals surface area contributed by atoms with Crippen LogP contribution in [-0.4, -0.2) is 16.2 Å². The van der Waals surface area contributed by atoms with Crippen LogP contribution < -0.4 is 9.80 Å². The van der Waals surface area contributed by atoms with E-state index in [4.69, 9.17) is 4.98 Å². The molecule has 0 fully saturated rings. The minimum Gasteiger partial charge on any atom is -0.345 e. The molecule has 0 radical (unpaired) electrons. The first-order valence-electron chi connectivity index (χ1n) is 20.5. The maximum atomic E-state index is 5.03.